The third-order valence-electron chi connectivity index (χ3n) is 2.26. The van der Waals surface area contributed by atoms with Gasteiger partial charge in [0, 0.05) is 30.7 Å². The number of hydrogen-bond donors (Lipinski definition) is 1. The van der Waals surface area contributed by atoms with Gasteiger partial charge in [-0.1, -0.05) is 0 Å². The SMILES string of the molecule is NCc1cc(-c2ncc(C(F)(F)F)cn2)ccn1. The summed E-state index contributed by atoms with van der Waals surface area (Å²) in [6.45, 7) is 0.245. The number of halogens is 3. The average molecular weight is 254 g/mol. The quantitative estimate of drug-likeness (QED) is 0.890. The molecule has 94 valence electrons. The van der Waals surface area contributed by atoms with Crippen LogP contribution < -0.4 is 5.73 Å². The van der Waals surface area contributed by atoms with Crippen LogP contribution in [0.25, 0.3) is 11.4 Å². The molecule has 0 amide bonds. The first kappa shape index (κ1) is 12.4. The zero-order valence-corrected chi connectivity index (χ0v) is 9.15. The Morgan fingerprint density at radius 3 is 2.33 bits per heavy atom. The number of aromatic nitrogens is 3. The van der Waals surface area contributed by atoms with Crippen LogP contribution in [0.15, 0.2) is 30.7 Å². The van der Waals surface area contributed by atoms with E-state index in [0.29, 0.717) is 11.3 Å². The molecule has 0 aliphatic heterocycles. The third-order valence-corrected chi connectivity index (χ3v) is 2.26. The summed E-state index contributed by atoms with van der Waals surface area (Å²) in [5.41, 5.74) is 5.75. The Morgan fingerprint density at radius 1 is 1.11 bits per heavy atom. The molecule has 2 N–H and O–H groups in total. The van der Waals surface area contributed by atoms with Crippen LogP contribution in [0.2, 0.25) is 0 Å². The van der Waals surface area contributed by atoms with Crippen molar-refractivity contribution in [3.05, 3.63) is 42.0 Å². The van der Waals surface area contributed by atoms with E-state index in [4.69, 9.17) is 5.73 Å². The van der Waals surface area contributed by atoms with Gasteiger partial charge in [0.2, 0.25) is 0 Å². The van der Waals surface area contributed by atoms with Gasteiger partial charge in [-0.05, 0) is 12.1 Å². The molecule has 7 heteroatoms. The van der Waals surface area contributed by atoms with E-state index in [2.05, 4.69) is 15.0 Å². The third kappa shape index (κ3) is 2.62. The lowest BCUT2D eigenvalue weighted by Gasteiger charge is -2.06. The Labute approximate surface area is 101 Å². The van der Waals surface area contributed by atoms with Crippen LogP contribution in [0.1, 0.15) is 11.3 Å². The van der Waals surface area contributed by atoms with E-state index in [1.54, 1.807) is 12.1 Å². The molecule has 0 saturated carbocycles. The Bertz CT molecular complexity index is 537. The first-order valence-electron chi connectivity index (χ1n) is 5.05. The number of rotatable bonds is 2. The fourth-order valence-electron chi connectivity index (χ4n) is 1.35. The van der Waals surface area contributed by atoms with Gasteiger partial charge in [-0.3, -0.25) is 4.98 Å². The molecule has 0 unspecified atom stereocenters. The Hall–Kier alpha value is -2.02. The van der Waals surface area contributed by atoms with E-state index < -0.39 is 11.7 Å². The fourth-order valence-corrected chi connectivity index (χ4v) is 1.35. The molecule has 18 heavy (non-hydrogen) atoms. The zero-order valence-electron chi connectivity index (χ0n) is 9.15. The first-order valence-corrected chi connectivity index (χ1v) is 5.05. The molecule has 0 radical (unpaired) electrons. The monoisotopic (exact) mass is 254 g/mol. The minimum absolute atomic E-state index is 0.208. The molecular weight excluding hydrogens is 245 g/mol. The van der Waals surface area contributed by atoms with Crippen molar-refractivity contribution in [2.75, 3.05) is 0 Å². The van der Waals surface area contributed by atoms with Gasteiger partial charge >= 0.3 is 6.18 Å². The van der Waals surface area contributed by atoms with E-state index in [-0.39, 0.29) is 12.4 Å². The van der Waals surface area contributed by atoms with Crippen LogP contribution in [0, 0.1) is 0 Å². The molecule has 0 atom stereocenters. The van der Waals surface area contributed by atoms with E-state index in [1.807, 2.05) is 0 Å². The number of hydrogen-bond acceptors (Lipinski definition) is 4. The van der Waals surface area contributed by atoms with Crippen LogP contribution >= 0.6 is 0 Å². The summed E-state index contributed by atoms with van der Waals surface area (Å²) in [7, 11) is 0. The van der Waals surface area contributed by atoms with Gasteiger partial charge in [-0.15, -0.1) is 0 Å². The maximum atomic E-state index is 12.3. The maximum absolute atomic E-state index is 12.3. The first-order chi connectivity index (χ1) is 8.50. The summed E-state index contributed by atoms with van der Waals surface area (Å²) in [6.07, 6.45) is -1.41. The van der Waals surface area contributed by atoms with Gasteiger partial charge in [0.15, 0.2) is 5.82 Å². The summed E-state index contributed by atoms with van der Waals surface area (Å²) < 4.78 is 37.0. The Morgan fingerprint density at radius 2 is 1.78 bits per heavy atom. The standard InChI is InChI=1S/C11H9F3N4/c12-11(13,14)8-5-17-10(18-6-8)7-1-2-16-9(3-7)4-15/h1-3,5-6H,4,15H2. The minimum Gasteiger partial charge on any atom is -0.325 e. The predicted molar refractivity (Wildman–Crippen MR) is 58.2 cm³/mol. The second kappa shape index (κ2) is 4.69. The number of pyridine rings is 1. The highest BCUT2D eigenvalue weighted by Crippen LogP contribution is 2.28. The largest absolute Gasteiger partial charge is 0.419 e. The number of nitrogens with zero attached hydrogens (tertiary/aromatic N) is 3. The lowest BCUT2D eigenvalue weighted by atomic mass is 10.2. The van der Waals surface area contributed by atoms with Crippen LogP contribution in [0.5, 0.6) is 0 Å². The van der Waals surface area contributed by atoms with Crippen molar-refractivity contribution in [1.82, 2.24) is 15.0 Å². The van der Waals surface area contributed by atoms with Crippen molar-refractivity contribution >= 4 is 0 Å². The highest BCUT2D eigenvalue weighted by molar-refractivity contribution is 5.54. The van der Waals surface area contributed by atoms with Gasteiger partial charge in [0.25, 0.3) is 0 Å². The van der Waals surface area contributed by atoms with Crippen molar-refractivity contribution in [3.63, 3.8) is 0 Å². The van der Waals surface area contributed by atoms with Crippen molar-refractivity contribution in [2.24, 2.45) is 5.73 Å². The molecule has 2 rings (SSSR count). The highest BCUT2D eigenvalue weighted by atomic mass is 19.4. The zero-order chi connectivity index (χ0) is 13.2. The molecule has 0 fully saturated rings. The lowest BCUT2D eigenvalue weighted by Crippen LogP contribution is -2.06. The molecule has 0 aliphatic rings. The Balaban J connectivity index is 2.34. The van der Waals surface area contributed by atoms with Crippen molar-refractivity contribution < 1.29 is 13.2 Å². The summed E-state index contributed by atoms with van der Waals surface area (Å²) in [4.78, 5) is 11.4. The smallest absolute Gasteiger partial charge is 0.325 e. The van der Waals surface area contributed by atoms with Gasteiger partial charge in [0.1, 0.15) is 0 Å². The normalized spacial score (nSPS) is 11.6. The lowest BCUT2D eigenvalue weighted by molar-refractivity contribution is -0.138. The van der Waals surface area contributed by atoms with Gasteiger partial charge in [-0.25, -0.2) is 9.97 Å². The fraction of sp³-hybridized carbons (Fsp3) is 0.182. The second-order valence-corrected chi connectivity index (χ2v) is 3.53. The van der Waals surface area contributed by atoms with E-state index >= 15 is 0 Å². The molecule has 0 aliphatic carbocycles. The van der Waals surface area contributed by atoms with Crippen molar-refractivity contribution in [2.45, 2.75) is 12.7 Å². The summed E-state index contributed by atoms with van der Waals surface area (Å²) in [6, 6.07) is 3.25. The van der Waals surface area contributed by atoms with Crippen LogP contribution in [-0.4, -0.2) is 15.0 Å². The van der Waals surface area contributed by atoms with E-state index in [9.17, 15) is 13.2 Å². The Kier molecular flexibility index (Phi) is 3.24. The topological polar surface area (TPSA) is 64.7 Å². The van der Waals surface area contributed by atoms with Crippen LogP contribution in [0.4, 0.5) is 13.2 Å². The molecule has 0 saturated heterocycles. The van der Waals surface area contributed by atoms with Crippen molar-refractivity contribution in [3.8, 4) is 11.4 Å². The molecule has 2 aromatic heterocycles. The predicted octanol–water partition coefficient (Wildman–Crippen LogP) is 2.02. The summed E-state index contributed by atoms with van der Waals surface area (Å²) in [5, 5.41) is 0. The average Bonchev–Trinajstić information content (AvgIpc) is 2.38. The van der Waals surface area contributed by atoms with Crippen LogP contribution in [-0.2, 0) is 12.7 Å². The molecule has 4 nitrogen and oxygen atoms in total. The van der Waals surface area contributed by atoms with Crippen LogP contribution in [0.3, 0.4) is 0 Å². The molecule has 2 aromatic rings. The van der Waals surface area contributed by atoms with E-state index in [1.165, 1.54) is 6.20 Å². The molecular formula is C11H9F3N4. The second-order valence-electron chi connectivity index (χ2n) is 3.53. The number of nitrogens with two attached hydrogens (primary N) is 1. The molecule has 2 heterocycles. The molecule has 0 aromatic carbocycles. The maximum Gasteiger partial charge on any atom is 0.419 e. The highest BCUT2D eigenvalue weighted by Gasteiger charge is 2.31. The molecule has 0 spiro atoms. The number of alkyl halides is 3. The summed E-state index contributed by atoms with van der Waals surface area (Å²) >= 11 is 0. The summed E-state index contributed by atoms with van der Waals surface area (Å²) in [5.74, 6) is 0.208. The van der Waals surface area contributed by atoms with Gasteiger partial charge < -0.3 is 5.73 Å². The molecule has 0 bridgehead atoms. The minimum atomic E-state index is -4.43. The van der Waals surface area contributed by atoms with Gasteiger partial charge in [0.05, 0.1) is 11.3 Å². The van der Waals surface area contributed by atoms with Crippen molar-refractivity contribution in [1.29, 1.82) is 0 Å². The van der Waals surface area contributed by atoms with Gasteiger partial charge in [-0.2, -0.15) is 13.2 Å². The van der Waals surface area contributed by atoms with E-state index in [0.717, 1.165) is 12.4 Å².